The van der Waals surface area contributed by atoms with E-state index in [-0.39, 0.29) is 6.61 Å². The highest BCUT2D eigenvalue weighted by Gasteiger charge is 2.04. The molecule has 1 rings (SSSR count). The number of halogens is 1. The summed E-state index contributed by atoms with van der Waals surface area (Å²) in [6, 6.07) is 7.16. The highest BCUT2D eigenvalue weighted by Crippen LogP contribution is 2.17. The summed E-state index contributed by atoms with van der Waals surface area (Å²) in [6.07, 6.45) is 1.55. The van der Waals surface area contributed by atoms with Gasteiger partial charge in [-0.3, -0.25) is 0 Å². The summed E-state index contributed by atoms with van der Waals surface area (Å²) in [5.74, 6) is 1.72. The summed E-state index contributed by atoms with van der Waals surface area (Å²) in [5, 5.41) is 13.4. The fourth-order valence-electron chi connectivity index (χ4n) is 1.25. The van der Waals surface area contributed by atoms with Crippen molar-refractivity contribution >= 4 is 23.4 Å². The second-order valence-corrected chi connectivity index (χ2v) is 5.04. The van der Waals surface area contributed by atoms with E-state index in [1.54, 1.807) is 23.9 Å². The van der Waals surface area contributed by atoms with Crippen LogP contribution < -0.4 is 10.1 Å². The van der Waals surface area contributed by atoms with Crippen LogP contribution in [0, 0.1) is 0 Å². The van der Waals surface area contributed by atoms with Crippen molar-refractivity contribution in [1.82, 2.24) is 5.32 Å². The van der Waals surface area contributed by atoms with E-state index in [0.29, 0.717) is 17.3 Å². The first kappa shape index (κ1) is 14.6. The van der Waals surface area contributed by atoms with Crippen LogP contribution >= 0.6 is 23.4 Å². The predicted molar refractivity (Wildman–Crippen MR) is 74.2 cm³/mol. The lowest BCUT2D eigenvalue weighted by atomic mass is 10.3. The number of benzene rings is 1. The smallest absolute Gasteiger partial charge is 0.120 e. The van der Waals surface area contributed by atoms with Crippen molar-refractivity contribution in [2.75, 3.05) is 31.7 Å². The molecule has 17 heavy (non-hydrogen) atoms. The van der Waals surface area contributed by atoms with Crippen LogP contribution in [0.2, 0.25) is 5.02 Å². The van der Waals surface area contributed by atoms with Crippen molar-refractivity contribution in [2.45, 2.75) is 6.10 Å². The molecule has 96 valence electrons. The van der Waals surface area contributed by atoms with Gasteiger partial charge in [0.1, 0.15) is 18.5 Å². The Bertz CT molecular complexity index is 325. The van der Waals surface area contributed by atoms with Crippen molar-refractivity contribution in [2.24, 2.45) is 0 Å². The Kier molecular flexibility index (Phi) is 7.44. The predicted octanol–water partition coefficient (Wildman–Crippen LogP) is 2.03. The fourth-order valence-corrected chi connectivity index (χ4v) is 1.78. The van der Waals surface area contributed by atoms with Crippen LogP contribution in [0.5, 0.6) is 5.75 Å². The Morgan fingerprint density at radius 3 is 3.06 bits per heavy atom. The highest BCUT2D eigenvalue weighted by molar-refractivity contribution is 7.98. The van der Waals surface area contributed by atoms with E-state index in [1.807, 2.05) is 12.1 Å². The maximum absolute atomic E-state index is 9.65. The lowest BCUT2D eigenvalue weighted by Gasteiger charge is -2.13. The van der Waals surface area contributed by atoms with Gasteiger partial charge in [-0.25, -0.2) is 0 Å². The topological polar surface area (TPSA) is 41.5 Å². The Balaban J connectivity index is 2.17. The number of aliphatic hydroxyl groups excluding tert-OH is 1. The van der Waals surface area contributed by atoms with E-state index in [0.717, 1.165) is 12.3 Å². The third kappa shape index (κ3) is 6.78. The molecule has 0 radical (unpaired) electrons. The normalized spacial score (nSPS) is 12.4. The molecule has 0 saturated heterocycles. The lowest BCUT2D eigenvalue weighted by Crippen LogP contribution is -2.32. The van der Waals surface area contributed by atoms with Crippen molar-refractivity contribution in [3.05, 3.63) is 29.3 Å². The summed E-state index contributed by atoms with van der Waals surface area (Å²) in [4.78, 5) is 0. The number of aliphatic hydroxyl groups is 1. The van der Waals surface area contributed by atoms with Crippen molar-refractivity contribution in [3.63, 3.8) is 0 Å². The standard InChI is InChI=1S/C12H18ClNO2S/c1-17-6-5-14-8-11(15)9-16-12-4-2-3-10(13)7-12/h2-4,7,11,14-15H,5-6,8-9H2,1H3. The molecule has 0 bridgehead atoms. The van der Waals surface area contributed by atoms with E-state index < -0.39 is 6.10 Å². The van der Waals surface area contributed by atoms with Gasteiger partial charge in [0.15, 0.2) is 0 Å². The molecular formula is C12H18ClNO2S. The molecule has 0 aliphatic rings. The van der Waals surface area contributed by atoms with Crippen LogP contribution in [0.4, 0.5) is 0 Å². The van der Waals surface area contributed by atoms with E-state index in [4.69, 9.17) is 16.3 Å². The molecule has 1 aromatic carbocycles. The Labute approximate surface area is 112 Å². The first-order chi connectivity index (χ1) is 8.22. The molecule has 0 aliphatic carbocycles. The maximum Gasteiger partial charge on any atom is 0.120 e. The zero-order valence-corrected chi connectivity index (χ0v) is 11.4. The zero-order chi connectivity index (χ0) is 12.5. The van der Waals surface area contributed by atoms with E-state index >= 15 is 0 Å². The minimum atomic E-state index is -0.504. The minimum absolute atomic E-state index is 0.270. The van der Waals surface area contributed by atoms with Gasteiger partial charge in [0.25, 0.3) is 0 Å². The molecule has 0 amide bonds. The number of ether oxygens (including phenoxy) is 1. The van der Waals surface area contributed by atoms with Crippen LogP contribution in [0.1, 0.15) is 0 Å². The third-order valence-corrected chi connectivity index (χ3v) is 2.95. The summed E-state index contributed by atoms with van der Waals surface area (Å²) < 4.78 is 5.43. The Hall–Kier alpha value is -0.420. The summed E-state index contributed by atoms with van der Waals surface area (Å²) >= 11 is 7.60. The molecule has 0 saturated carbocycles. The molecule has 0 spiro atoms. The van der Waals surface area contributed by atoms with Crippen molar-refractivity contribution < 1.29 is 9.84 Å². The molecule has 1 aromatic rings. The zero-order valence-electron chi connectivity index (χ0n) is 9.86. The molecular weight excluding hydrogens is 258 g/mol. The van der Waals surface area contributed by atoms with Gasteiger partial charge < -0.3 is 15.2 Å². The molecule has 0 aromatic heterocycles. The number of rotatable bonds is 8. The van der Waals surface area contributed by atoms with E-state index in [1.165, 1.54) is 0 Å². The summed E-state index contributed by atoms with van der Waals surface area (Å²) in [6.45, 7) is 1.71. The number of hydrogen-bond donors (Lipinski definition) is 2. The van der Waals surface area contributed by atoms with Crippen molar-refractivity contribution in [3.8, 4) is 5.75 Å². The van der Waals surface area contributed by atoms with Gasteiger partial charge in [0.2, 0.25) is 0 Å². The van der Waals surface area contributed by atoms with E-state index in [9.17, 15) is 5.11 Å². The lowest BCUT2D eigenvalue weighted by molar-refractivity contribution is 0.107. The van der Waals surface area contributed by atoms with Crippen molar-refractivity contribution in [1.29, 1.82) is 0 Å². The van der Waals surface area contributed by atoms with Gasteiger partial charge in [0.05, 0.1) is 0 Å². The second-order valence-electron chi connectivity index (χ2n) is 3.62. The number of thioether (sulfide) groups is 1. The molecule has 5 heteroatoms. The van der Waals surface area contributed by atoms with Crippen LogP contribution in [-0.4, -0.2) is 42.9 Å². The average Bonchev–Trinajstić information content (AvgIpc) is 2.32. The SMILES string of the molecule is CSCCNCC(O)COc1cccc(Cl)c1. The van der Waals surface area contributed by atoms with Gasteiger partial charge >= 0.3 is 0 Å². The minimum Gasteiger partial charge on any atom is -0.491 e. The monoisotopic (exact) mass is 275 g/mol. The molecule has 0 aliphatic heterocycles. The average molecular weight is 276 g/mol. The Morgan fingerprint density at radius 2 is 2.35 bits per heavy atom. The maximum atomic E-state index is 9.65. The summed E-state index contributed by atoms with van der Waals surface area (Å²) in [7, 11) is 0. The van der Waals surface area contributed by atoms with Gasteiger partial charge in [-0.1, -0.05) is 17.7 Å². The van der Waals surface area contributed by atoms with Gasteiger partial charge in [0, 0.05) is 23.9 Å². The second kappa shape index (κ2) is 8.64. The molecule has 3 nitrogen and oxygen atoms in total. The van der Waals surface area contributed by atoms with Crippen LogP contribution in [0.25, 0.3) is 0 Å². The highest BCUT2D eigenvalue weighted by atomic mass is 35.5. The first-order valence-corrected chi connectivity index (χ1v) is 7.25. The summed E-state index contributed by atoms with van der Waals surface area (Å²) in [5.41, 5.74) is 0. The van der Waals surface area contributed by atoms with Gasteiger partial charge in [-0.15, -0.1) is 0 Å². The van der Waals surface area contributed by atoms with Crippen LogP contribution in [-0.2, 0) is 0 Å². The molecule has 0 heterocycles. The number of nitrogens with one attached hydrogen (secondary N) is 1. The number of hydrogen-bond acceptors (Lipinski definition) is 4. The quantitative estimate of drug-likeness (QED) is 0.713. The molecule has 1 unspecified atom stereocenters. The van der Waals surface area contributed by atoms with E-state index in [2.05, 4.69) is 11.6 Å². The molecule has 0 fully saturated rings. The van der Waals surface area contributed by atoms with Gasteiger partial charge in [-0.05, 0) is 24.5 Å². The van der Waals surface area contributed by atoms with Crippen LogP contribution in [0.3, 0.4) is 0 Å². The van der Waals surface area contributed by atoms with Gasteiger partial charge in [-0.2, -0.15) is 11.8 Å². The third-order valence-electron chi connectivity index (χ3n) is 2.10. The molecule has 1 atom stereocenters. The first-order valence-electron chi connectivity index (χ1n) is 5.48. The molecule has 2 N–H and O–H groups in total. The largest absolute Gasteiger partial charge is 0.491 e. The van der Waals surface area contributed by atoms with Crippen LogP contribution in [0.15, 0.2) is 24.3 Å². The fraction of sp³-hybridized carbons (Fsp3) is 0.500. The Morgan fingerprint density at radius 1 is 1.53 bits per heavy atom.